The molecule has 1 atom stereocenters. The molecule has 21 heavy (non-hydrogen) atoms. The highest BCUT2D eigenvalue weighted by Crippen LogP contribution is 2.08. The summed E-state index contributed by atoms with van der Waals surface area (Å²) < 4.78 is 23.3. The molecule has 0 radical (unpaired) electrons. The summed E-state index contributed by atoms with van der Waals surface area (Å²) in [6.45, 7) is 5.29. The van der Waals surface area contributed by atoms with Gasteiger partial charge in [0.05, 0.1) is 5.75 Å². The van der Waals surface area contributed by atoms with Crippen molar-refractivity contribution in [3.05, 3.63) is 35.9 Å². The van der Waals surface area contributed by atoms with Crippen LogP contribution >= 0.6 is 0 Å². The topological polar surface area (TPSA) is 49.4 Å². The third kappa shape index (κ3) is 5.77. The standard InChI is InChI=1S/C16H26N2O2S/c1-2-21(19,20)12-11-18-10-6-9-17-16(14-18)13-15-7-4-3-5-8-15/h3-5,7-8,16-17H,2,6,9-14H2,1H3. The molecule has 0 amide bonds. The van der Waals surface area contributed by atoms with Crippen LogP contribution in [0.1, 0.15) is 18.9 Å². The van der Waals surface area contributed by atoms with Crippen molar-refractivity contribution in [3.63, 3.8) is 0 Å². The van der Waals surface area contributed by atoms with Gasteiger partial charge in [0.2, 0.25) is 0 Å². The van der Waals surface area contributed by atoms with Gasteiger partial charge in [-0.25, -0.2) is 8.42 Å². The molecule has 0 bridgehead atoms. The summed E-state index contributed by atoms with van der Waals surface area (Å²) in [5, 5.41) is 3.58. The third-order valence-electron chi connectivity index (χ3n) is 4.05. The van der Waals surface area contributed by atoms with Crippen LogP contribution in [0.5, 0.6) is 0 Å². The highest BCUT2D eigenvalue weighted by Gasteiger charge is 2.19. The Morgan fingerprint density at radius 1 is 1.29 bits per heavy atom. The monoisotopic (exact) mass is 310 g/mol. The fourth-order valence-corrected chi connectivity index (χ4v) is 3.55. The van der Waals surface area contributed by atoms with Crippen LogP contribution in [0.15, 0.2) is 30.3 Å². The second-order valence-electron chi connectivity index (χ2n) is 5.73. The number of hydrogen-bond donors (Lipinski definition) is 1. The molecule has 1 aliphatic heterocycles. The molecule has 1 aromatic carbocycles. The summed E-state index contributed by atoms with van der Waals surface area (Å²) in [6, 6.07) is 10.9. The predicted octanol–water partition coefficient (Wildman–Crippen LogP) is 1.33. The quantitative estimate of drug-likeness (QED) is 0.861. The first-order valence-corrected chi connectivity index (χ1v) is 9.61. The lowest BCUT2D eigenvalue weighted by molar-refractivity contribution is 0.281. The Hall–Kier alpha value is -0.910. The van der Waals surface area contributed by atoms with E-state index >= 15 is 0 Å². The molecule has 1 unspecified atom stereocenters. The average molecular weight is 310 g/mol. The van der Waals surface area contributed by atoms with Crippen LogP contribution in [0, 0.1) is 0 Å². The number of sulfone groups is 1. The molecule has 118 valence electrons. The van der Waals surface area contributed by atoms with Crippen molar-refractivity contribution >= 4 is 9.84 Å². The van der Waals surface area contributed by atoms with Gasteiger partial charge in [-0.2, -0.15) is 0 Å². The van der Waals surface area contributed by atoms with Gasteiger partial charge in [0.1, 0.15) is 0 Å². The largest absolute Gasteiger partial charge is 0.312 e. The predicted molar refractivity (Wildman–Crippen MR) is 87.3 cm³/mol. The summed E-state index contributed by atoms with van der Waals surface area (Å²) in [5.74, 6) is 0.522. The van der Waals surface area contributed by atoms with Gasteiger partial charge in [-0.1, -0.05) is 37.3 Å². The maximum Gasteiger partial charge on any atom is 0.151 e. The van der Waals surface area contributed by atoms with Gasteiger partial charge in [-0.05, 0) is 31.5 Å². The van der Waals surface area contributed by atoms with Gasteiger partial charge in [0.25, 0.3) is 0 Å². The smallest absolute Gasteiger partial charge is 0.151 e. The van der Waals surface area contributed by atoms with Crippen LogP contribution < -0.4 is 5.32 Å². The van der Waals surface area contributed by atoms with Gasteiger partial charge in [0, 0.05) is 24.9 Å². The van der Waals surface area contributed by atoms with Gasteiger partial charge < -0.3 is 10.2 Å². The van der Waals surface area contributed by atoms with Crippen LogP contribution in [0.3, 0.4) is 0 Å². The van der Waals surface area contributed by atoms with Crippen molar-refractivity contribution in [1.82, 2.24) is 10.2 Å². The van der Waals surface area contributed by atoms with Crippen LogP contribution in [0.4, 0.5) is 0 Å². The molecule has 2 rings (SSSR count). The Morgan fingerprint density at radius 3 is 2.76 bits per heavy atom. The van der Waals surface area contributed by atoms with E-state index in [4.69, 9.17) is 0 Å². The van der Waals surface area contributed by atoms with Crippen LogP contribution in [0.25, 0.3) is 0 Å². The first-order chi connectivity index (χ1) is 10.1. The lowest BCUT2D eigenvalue weighted by Crippen LogP contribution is -2.40. The molecule has 0 saturated carbocycles. The third-order valence-corrected chi connectivity index (χ3v) is 5.73. The van der Waals surface area contributed by atoms with Crippen LogP contribution in [0.2, 0.25) is 0 Å². The molecule has 0 aliphatic carbocycles. The minimum Gasteiger partial charge on any atom is -0.312 e. The zero-order chi connectivity index (χ0) is 15.1. The van der Waals surface area contributed by atoms with Gasteiger partial charge in [0.15, 0.2) is 9.84 Å². The second-order valence-corrected chi connectivity index (χ2v) is 8.20. The minimum absolute atomic E-state index is 0.243. The van der Waals surface area contributed by atoms with Crippen LogP contribution in [-0.4, -0.2) is 57.0 Å². The fourth-order valence-electron chi connectivity index (χ4n) is 2.73. The van der Waals surface area contributed by atoms with Crippen molar-refractivity contribution in [1.29, 1.82) is 0 Å². The van der Waals surface area contributed by atoms with E-state index in [9.17, 15) is 8.42 Å². The molecule has 0 aromatic heterocycles. The van der Waals surface area contributed by atoms with E-state index in [-0.39, 0.29) is 11.5 Å². The second kappa shape index (κ2) is 7.92. The highest BCUT2D eigenvalue weighted by molar-refractivity contribution is 7.91. The molecular formula is C16H26N2O2S. The van der Waals surface area contributed by atoms with E-state index in [1.165, 1.54) is 5.56 Å². The van der Waals surface area contributed by atoms with E-state index in [1.54, 1.807) is 6.92 Å². The lowest BCUT2D eigenvalue weighted by atomic mass is 10.1. The van der Waals surface area contributed by atoms with Crippen LogP contribution in [-0.2, 0) is 16.3 Å². The minimum atomic E-state index is -2.87. The van der Waals surface area contributed by atoms with E-state index in [1.807, 2.05) is 6.07 Å². The number of rotatable bonds is 6. The normalized spacial score (nSPS) is 21.1. The molecule has 1 aromatic rings. The summed E-state index contributed by atoms with van der Waals surface area (Å²) in [6.07, 6.45) is 2.08. The molecular weight excluding hydrogens is 284 g/mol. The van der Waals surface area contributed by atoms with Crippen molar-refractivity contribution in [2.75, 3.05) is 37.7 Å². The first kappa shape index (κ1) is 16.5. The summed E-state index contributed by atoms with van der Waals surface area (Å²) >= 11 is 0. The van der Waals surface area contributed by atoms with E-state index in [2.05, 4.69) is 34.5 Å². The Bertz CT molecular complexity index is 516. The molecule has 1 N–H and O–H groups in total. The highest BCUT2D eigenvalue weighted by atomic mass is 32.2. The maximum absolute atomic E-state index is 11.7. The SMILES string of the molecule is CCS(=O)(=O)CCN1CCCNC(Cc2ccccc2)C1. The van der Waals surface area contributed by atoms with Gasteiger partial charge >= 0.3 is 0 Å². The average Bonchev–Trinajstić information content (AvgIpc) is 2.72. The van der Waals surface area contributed by atoms with E-state index in [0.717, 1.165) is 32.5 Å². The first-order valence-electron chi connectivity index (χ1n) is 7.79. The summed E-state index contributed by atoms with van der Waals surface area (Å²) in [5.41, 5.74) is 1.33. The number of benzene rings is 1. The molecule has 1 aliphatic rings. The Labute approximate surface area is 128 Å². The zero-order valence-electron chi connectivity index (χ0n) is 12.8. The Morgan fingerprint density at radius 2 is 2.05 bits per heavy atom. The molecule has 1 saturated heterocycles. The molecule has 0 spiro atoms. The van der Waals surface area contributed by atoms with Gasteiger partial charge in [-0.3, -0.25) is 0 Å². The Kier molecular flexibility index (Phi) is 6.21. The molecule has 4 nitrogen and oxygen atoms in total. The Balaban J connectivity index is 1.89. The van der Waals surface area contributed by atoms with E-state index < -0.39 is 9.84 Å². The van der Waals surface area contributed by atoms with Crippen molar-refractivity contribution in [2.45, 2.75) is 25.8 Å². The zero-order valence-corrected chi connectivity index (χ0v) is 13.6. The van der Waals surface area contributed by atoms with Gasteiger partial charge in [-0.15, -0.1) is 0 Å². The molecule has 1 fully saturated rings. The maximum atomic E-state index is 11.7. The number of nitrogens with one attached hydrogen (secondary N) is 1. The van der Waals surface area contributed by atoms with Crippen molar-refractivity contribution < 1.29 is 8.42 Å². The summed E-state index contributed by atoms with van der Waals surface area (Å²) in [4.78, 5) is 2.29. The molecule has 1 heterocycles. The fraction of sp³-hybridized carbons (Fsp3) is 0.625. The molecule has 5 heteroatoms. The summed E-state index contributed by atoms with van der Waals surface area (Å²) in [7, 11) is -2.87. The number of nitrogens with zero attached hydrogens (tertiary/aromatic N) is 1. The van der Waals surface area contributed by atoms with Crippen molar-refractivity contribution in [3.8, 4) is 0 Å². The lowest BCUT2D eigenvalue weighted by Gasteiger charge is -2.24. The van der Waals surface area contributed by atoms with E-state index in [0.29, 0.717) is 12.6 Å². The number of hydrogen-bond acceptors (Lipinski definition) is 4. The van der Waals surface area contributed by atoms with Crippen molar-refractivity contribution in [2.24, 2.45) is 0 Å².